The molecular formula is C13H10O4. The van der Waals surface area contributed by atoms with Crippen molar-refractivity contribution in [2.45, 2.75) is 0 Å². The van der Waals surface area contributed by atoms with Crippen LogP contribution in [0.2, 0.25) is 0 Å². The van der Waals surface area contributed by atoms with E-state index in [1.165, 1.54) is 18.2 Å². The molecule has 0 heterocycles. The molecule has 86 valence electrons. The van der Waals surface area contributed by atoms with Gasteiger partial charge in [0, 0.05) is 0 Å². The zero-order valence-corrected chi connectivity index (χ0v) is 8.83. The molecule has 0 atom stereocenters. The normalized spacial score (nSPS) is 9.88. The van der Waals surface area contributed by atoms with Crippen molar-refractivity contribution in [1.82, 2.24) is 0 Å². The predicted molar refractivity (Wildman–Crippen MR) is 61.6 cm³/mol. The van der Waals surface area contributed by atoms with Gasteiger partial charge in [-0.05, 0) is 24.3 Å². The summed E-state index contributed by atoms with van der Waals surface area (Å²) in [5, 5.41) is 18.6. The average molecular weight is 230 g/mol. The van der Waals surface area contributed by atoms with Gasteiger partial charge in [-0.25, -0.2) is 4.79 Å². The second-order valence-electron chi connectivity index (χ2n) is 3.37. The Balaban J connectivity index is 2.41. The Morgan fingerprint density at radius 3 is 2.35 bits per heavy atom. The fraction of sp³-hybridized carbons (Fsp3) is 0. The van der Waals surface area contributed by atoms with E-state index in [1.54, 1.807) is 24.3 Å². The first-order chi connectivity index (χ1) is 8.18. The number of ether oxygens (including phenoxy) is 1. The second kappa shape index (κ2) is 4.57. The molecule has 0 bridgehead atoms. The number of carboxylic acid groups (broad SMARTS) is 1. The number of hydrogen-bond acceptors (Lipinski definition) is 3. The number of carboxylic acids is 1. The van der Waals surface area contributed by atoms with Crippen LogP contribution < -0.4 is 4.74 Å². The van der Waals surface area contributed by atoms with Crippen molar-refractivity contribution >= 4 is 5.97 Å². The number of aromatic carboxylic acids is 1. The van der Waals surface area contributed by atoms with Gasteiger partial charge in [0.1, 0.15) is 11.3 Å². The molecule has 0 aliphatic rings. The Bertz CT molecular complexity index is 534. The Kier molecular flexibility index (Phi) is 2.96. The molecule has 4 heteroatoms. The van der Waals surface area contributed by atoms with Crippen LogP contribution in [0, 0.1) is 0 Å². The van der Waals surface area contributed by atoms with Gasteiger partial charge in [0.05, 0.1) is 0 Å². The molecule has 0 aliphatic carbocycles. The molecule has 2 aromatic carbocycles. The van der Waals surface area contributed by atoms with Gasteiger partial charge in [-0.1, -0.05) is 24.3 Å². The largest absolute Gasteiger partial charge is 0.504 e. The van der Waals surface area contributed by atoms with Gasteiger partial charge in [0.2, 0.25) is 0 Å². The Morgan fingerprint density at radius 2 is 1.71 bits per heavy atom. The third kappa shape index (κ3) is 2.36. The minimum absolute atomic E-state index is 0.0498. The third-order valence-corrected chi connectivity index (χ3v) is 2.19. The van der Waals surface area contributed by atoms with Gasteiger partial charge in [-0.2, -0.15) is 0 Å². The molecule has 0 fully saturated rings. The lowest BCUT2D eigenvalue weighted by atomic mass is 10.2. The van der Waals surface area contributed by atoms with Gasteiger partial charge < -0.3 is 14.9 Å². The number of para-hydroxylation sites is 2. The van der Waals surface area contributed by atoms with Crippen molar-refractivity contribution in [3.05, 3.63) is 54.1 Å². The van der Waals surface area contributed by atoms with E-state index in [0.717, 1.165) is 0 Å². The van der Waals surface area contributed by atoms with Gasteiger partial charge in [-0.15, -0.1) is 0 Å². The van der Waals surface area contributed by atoms with E-state index in [1.807, 2.05) is 6.07 Å². The summed E-state index contributed by atoms with van der Waals surface area (Å²) in [5.74, 6) is -0.928. The highest BCUT2D eigenvalue weighted by Gasteiger charge is 2.15. The van der Waals surface area contributed by atoms with Crippen molar-refractivity contribution in [2.24, 2.45) is 0 Å². The highest BCUT2D eigenvalue weighted by molar-refractivity contribution is 5.92. The van der Waals surface area contributed by atoms with Crippen molar-refractivity contribution in [3.8, 4) is 17.2 Å². The summed E-state index contributed by atoms with van der Waals surface area (Å²) in [7, 11) is 0. The number of aromatic hydroxyl groups is 1. The lowest BCUT2D eigenvalue weighted by molar-refractivity contribution is 0.0693. The summed E-state index contributed by atoms with van der Waals surface area (Å²) < 4.78 is 5.37. The van der Waals surface area contributed by atoms with E-state index in [9.17, 15) is 9.90 Å². The quantitative estimate of drug-likeness (QED) is 0.850. The smallest absolute Gasteiger partial charge is 0.339 e. The van der Waals surface area contributed by atoms with Crippen LogP contribution in [0.5, 0.6) is 17.2 Å². The molecule has 2 aromatic rings. The Morgan fingerprint density at radius 1 is 1.00 bits per heavy atom. The zero-order valence-electron chi connectivity index (χ0n) is 8.83. The third-order valence-electron chi connectivity index (χ3n) is 2.19. The molecule has 0 amide bonds. The highest BCUT2D eigenvalue weighted by Crippen LogP contribution is 2.33. The van der Waals surface area contributed by atoms with Crippen molar-refractivity contribution in [1.29, 1.82) is 0 Å². The van der Waals surface area contributed by atoms with Crippen molar-refractivity contribution in [3.63, 3.8) is 0 Å². The van der Waals surface area contributed by atoms with Crippen LogP contribution in [-0.4, -0.2) is 16.2 Å². The maximum atomic E-state index is 11.0. The fourth-order valence-electron chi connectivity index (χ4n) is 1.41. The number of rotatable bonds is 3. The van der Waals surface area contributed by atoms with E-state index < -0.39 is 5.97 Å². The molecule has 0 aliphatic heterocycles. The Hall–Kier alpha value is -2.49. The zero-order chi connectivity index (χ0) is 12.3. The maximum absolute atomic E-state index is 11.0. The minimum Gasteiger partial charge on any atom is -0.504 e. The molecule has 0 radical (unpaired) electrons. The van der Waals surface area contributed by atoms with E-state index in [0.29, 0.717) is 5.75 Å². The maximum Gasteiger partial charge on any atom is 0.339 e. The summed E-state index contributed by atoms with van der Waals surface area (Å²) in [6.45, 7) is 0. The lowest BCUT2D eigenvalue weighted by Crippen LogP contribution is -1.99. The molecule has 4 nitrogen and oxygen atoms in total. The molecule has 0 saturated carbocycles. The van der Waals surface area contributed by atoms with Crippen molar-refractivity contribution < 1.29 is 19.7 Å². The topological polar surface area (TPSA) is 66.8 Å². The van der Waals surface area contributed by atoms with Gasteiger partial charge in [0.25, 0.3) is 0 Å². The van der Waals surface area contributed by atoms with Gasteiger partial charge >= 0.3 is 5.97 Å². The summed E-state index contributed by atoms with van der Waals surface area (Å²) in [5.41, 5.74) is -0.0751. The van der Waals surface area contributed by atoms with Crippen LogP contribution in [0.25, 0.3) is 0 Å². The first kappa shape index (κ1) is 11.0. The van der Waals surface area contributed by atoms with Crippen LogP contribution in [0.3, 0.4) is 0 Å². The molecule has 2 rings (SSSR count). The molecular weight excluding hydrogens is 220 g/mol. The Labute approximate surface area is 97.7 Å². The minimum atomic E-state index is -1.15. The first-order valence-electron chi connectivity index (χ1n) is 4.96. The van der Waals surface area contributed by atoms with Gasteiger partial charge in [-0.3, -0.25) is 0 Å². The van der Waals surface area contributed by atoms with Crippen LogP contribution in [0.1, 0.15) is 10.4 Å². The number of phenolic OH excluding ortho intramolecular Hbond substituents is 1. The molecule has 0 saturated heterocycles. The second-order valence-corrected chi connectivity index (χ2v) is 3.37. The molecule has 2 N–H and O–H groups in total. The van der Waals surface area contributed by atoms with Gasteiger partial charge in [0.15, 0.2) is 11.5 Å². The average Bonchev–Trinajstić information content (AvgIpc) is 2.33. The van der Waals surface area contributed by atoms with Crippen LogP contribution in [0.4, 0.5) is 0 Å². The SMILES string of the molecule is O=C(O)c1cccc(O)c1Oc1ccccc1. The summed E-state index contributed by atoms with van der Waals surface area (Å²) in [4.78, 5) is 11.0. The molecule has 17 heavy (non-hydrogen) atoms. The van der Waals surface area contributed by atoms with E-state index >= 15 is 0 Å². The summed E-state index contributed by atoms with van der Waals surface area (Å²) >= 11 is 0. The predicted octanol–water partition coefficient (Wildman–Crippen LogP) is 2.88. The van der Waals surface area contributed by atoms with E-state index in [-0.39, 0.29) is 17.1 Å². The molecule has 0 spiro atoms. The summed E-state index contributed by atoms with van der Waals surface area (Å²) in [6.07, 6.45) is 0. The first-order valence-corrected chi connectivity index (χ1v) is 4.96. The van der Waals surface area contributed by atoms with E-state index in [4.69, 9.17) is 9.84 Å². The van der Waals surface area contributed by atoms with Crippen LogP contribution in [0.15, 0.2) is 48.5 Å². The van der Waals surface area contributed by atoms with Crippen LogP contribution >= 0.6 is 0 Å². The fourth-order valence-corrected chi connectivity index (χ4v) is 1.41. The highest BCUT2D eigenvalue weighted by atomic mass is 16.5. The standard InChI is InChI=1S/C13H10O4/c14-11-8-4-7-10(13(15)16)12(11)17-9-5-2-1-3-6-9/h1-8,14H,(H,15,16). The monoisotopic (exact) mass is 230 g/mol. The summed E-state index contributed by atoms with van der Waals surface area (Å²) in [6, 6.07) is 12.9. The number of phenols is 1. The number of hydrogen-bond donors (Lipinski definition) is 2. The molecule has 0 aromatic heterocycles. The van der Waals surface area contributed by atoms with Crippen LogP contribution in [-0.2, 0) is 0 Å². The van der Waals surface area contributed by atoms with Crippen molar-refractivity contribution in [2.75, 3.05) is 0 Å². The molecule has 0 unspecified atom stereocenters. The number of benzene rings is 2. The lowest BCUT2D eigenvalue weighted by Gasteiger charge is -2.09. The van der Waals surface area contributed by atoms with E-state index in [2.05, 4.69) is 0 Å². The number of carbonyl (C=O) groups is 1.